The molecule has 1 saturated heterocycles. The van der Waals surface area contributed by atoms with Crippen LogP contribution in [0.15, 0.2) is 18.2 Å². The molecule has 2 rings (SSSR count). The fourth-order valence-corrected chi connectivity index (χ4v) is 2.33. The molecular formula is C12H17ClN2O. The zero-order valence-electron chi connectivity index (χ0n) is 9.42. The van der Waals surface area contributed by atoms with Crippen LogP contribution in [0.5, 0.6) is 5.75 Å². The van der Waals surface area contributed by atoms with Gasteiger partial charge >= 0.3 is 0 Å². The number of methoxy groups -OCH3 is 1. The molecule has 0 unspecified atom stereocenters. The van der Waals surface area contributed by atoms with E-state index in [1.165, 1.54) is 0 Å². The molecule has 0 radical (unpaired) electrons. The highest BCUT2D eigenvalue weighted by Crippen LogP contribution is 2.33. The molecule has 3 N–H and O–H groups in total. The van der Waals surface area contributed by atoms with Gasteiger partial charge in [-0.15, -0.1) is 0 Å². The number of halogens is 1. The minimum Gasteiger partial charge on any atom is -0.495 e. The Balaban J connectivity index is 2.32. The molecule has 0 saturated carbocycles. The van der Waals surface area contributed by atoms with E-state index in [9.17, 15) is 0 Å². The van der Waals surface area contributed by atoms with Crippen molar-refractivity contribution in [2.45, 2.75) is 18.4 Å². The summed E-state index contributed by atoms with van der Waals surface area (Å²) in [5, 5.41) is 3.94. The second-order valence-corrected chi connectivity index (χ2v) is 4.66. The van der Waals surface area contributed by atoms with Crippen LogP contribution in [0.2, 0.25) is 5.02 Å². The molecule has 0 atom stereocenters. The lowest BCUT2D eigenvalue weighted by molar-refractivity contribution is 0.316. The minimum atomic E-state index is -0.247. The van der Waals surface area contributed by atoms with E-state index in [0.717, 1.165) is 31.5 Å². The van der Waals surface area contributed by atoms with E-state index < -0.39 is 0 Å². The molecule has 0 bridgehead atoms. The van der Waals surface area contributed by atoms with Gasteiger partial charge < -0.3 is 15.8 Å². The molecule has 0 aromatic heterocycles. The van der Waals surface area contributed by atoms with Crippen LogP contribution in [0, 0.1) is 0 Å². The molecule has 1 heterocycles. The molecule has 1 aromatic carbocycles. The summed E-state index contributed by atoms with van der Waals surface area (Å²) < 4.78 is 5.22. The summed E-state index contributed by atoms with van der Waals surface area (Å²) >= 11 is 6.00. The van der Waals surface area contributed by atoms with Gasteiger partial charge in [0, 0.05) is 5.54 Å². The van der Waals surface area contributed by atoms with Gasteiger partial charge in [-0.2, -0.15) is 0 Å². The molecular weight excluding hydrogens is 224 g/mol. The fourth-order valence-electron chi connectivity index (χ4n) is 2.13. The van der Waals surface area contributed by atoms with Crippen molar-refractivity contribution in [1.82, 2.24) is 5.32 Å². The molecule has 0 spiro atoms. The van der Waals surface area contributed by atoms with E-state index >= 15 is 0 Å². The van der Waals surface area contributed by atoms with Crippen molar-refractivity contribution in [2.24, 2.45) is 5.73 Å². The highest BCUT2D eigenvalue weighted by atomic mass is 35.5. The third-order valence-electron chi connectivity index (χ3n) is 3.22. The van der Waals surface area contributed by atoms with Crippen molar-refractivity contribution in [3.63, 3.8) is 0 Å². The topological polar surface area (TPSA) is 47.3 Å². The van der Waals surface area contributed by atoms with E-state index in [0.29, 0.717) is 10.8 Å². The Morgan fingerprint density at radius 3 is 2.69 bits per heavy atom. The predicted molar refractivity (Wildman–Crippen MR) is 66.0 cm³/mol. The van der Waals surface area contributed by atoms with E-state index in [-0.39, 0.29) is 5.54 Å². The molecule has 16 heavy (non-hydrogen) atoms. The zero-order valence-corrected chi connectivity index (χ0v) is 10.2. The first-order valence-electron chi connectivity index (χ1n) is 5.49. The molecule has 0 aliphatic carbocycles. The third kappa shape index (κ3) is 2.17. The first-order valence-corrected chi connectivity index (χ1v) is 5.87. The van der Waals surface area contributed by atoms with Gasteiger partial charge in [-0.05, 0) is 43.6 Å². The lowest BCUT2D eigenvalue weighted by atomic mass is 9.82. The highest BCUT2D eigenvalue weighted by Gasteiger charge is 2.29. The van der Waals surface area contributed by atoms with Crippen LogP contribution in [0.3, 0.4) is 0 Å². The maximum absolute atomic E-state index is 6.42. The summed E-state index contributed by atoms with van der Waals surface area (Å²) in [6.07, 6.45) is 1.88. The quantitative estimate of drug-likeness (QED) is 0.830. The summed E-state index contributed by atoms with van der Waals surface area (Å²) in [6, 6.07) is 5.80. The Morgan fingerprint density at radius 2 is 2.06 bits per heavy atom. The van der Waals surface area contributed by atoms with Gasteiger partial charge in [-0.25, -0.2) is 0 Å². The number of nitrogens with one attached hydrogen (secondary N) is 1. The second kappa shape index (κ2) is 4.62. The fraction of sp³-hybridized carbons (Fsp3) is 0.500. The Hall–Kier alpha value is -0.770. The van der Waals surface area contributed by atoms with Gasteiger partial charge in [0.2, 0.25) is 0 Å². The Morgan fingerprint density at radius 1 is 1.38 bits per heavy atom. The highest BCUT2D eigenvalue weighted by molar-refractivity contribution is 6.32. The standard InChI is InChI=1S/C12H17ClN2O/c1-16-11-8-9(2-3-10(11)13)12(14)4-6-15-7-5-12/h2-3,8,15H,4-7,14H2,1H3. The first-order chi connectivity index (χ1) is 7.65. The van der Waals surface area contributed by atoms with Crippen molar-refractivity contribution in [3.8, 4) is 5.75 Å². The average molecular weight is 241 g/mol. The largest absolute Gasteiger partial charge is 0.495 e. The van der Waals surface area contributed by atoms with Gasteiger partial charge in [0.25, 0.3) is 0 Å². The monoisotopic (exact) mass is 240 g/mol. The van der Waals surface area contributed by atoms with Crippen molar-refractivity contribution in [3.05, 3.63) is 28.8 Å². The van der Waals surface area contributed by atoms with Crippen molar-refractivity contribution < 1.29 is 4.74 Å². The van der Waals surface area contributed by atoms with E-state index in [1.807, 2.05) is 18.2 Å². The summed E-state index contributed by atoms with van der Waals surface area (Å²) in [4.78, 5) is 0. The van der Waals surface area contributed by atoms with Crippen LogP contribution >= 0.6 is 11.6 Å². The molecule has 4 heteroatoms. The zero-order chi connectivity index (χ0) is 11.6. The van der Waals surface area contributed by atoms with Crippen LogP contribution in [-0.2, 0) is 5.54 Å². The Kier molecular flexibility index (Phi) is 3.38. The average Bonchev–Trinajstić information content (AvgIpc) is 2.30. The number of hydrogen-bond acceptors (Lipinski definition) is 3. The second-order valence-electron chi connectivity index (χ2n) is 4.26. The molecule has 1 fully saturated rings. The summed E-state index contributed by atoms with van der Waals surface area (Å²) in [6.45, 7) is 1.92. The number of nitrogens with two attached hydrogens (primary N) is 1. The van der Waals surface area contributed by atoms with E-state index in [2.05, 4.69) is 5.32 Å². The van der Waals surface area contributed by atoms with Gasteiger partial charge in [-0.1, -0.05) is 17.7 Å². The van der Waals surface area contributed by atoms with Crippen LogP contribution < -0.4 is 15.8 Å². The molecule has 3 nitrogen and oxygen atoms in total. The SMILES string of the molecule is COc1cc(C2(N)CCNCC2)ccc1Cl. The molecule has 0 amide bonds. The van der Waals surface area contributed by atoms with Gasteiger partial charge in [0.1, 0.15) is 5.75 Å². The van der Waals surface area contributed by atoms with Crippen molar-refractivity contribution in [1.29, 1.82) is 0 Å². The van der Waals surface area contributed by atoms with Gasteiger partial charge in [0.15, 0.2) is 0 Å². The number of ether oxygens (including phenoxy) is 1. The summed E-state index contributed by atoms with van der Waals surface area (Å²) in [5.74, 6) is 0.697. The maximum Gasteiger partial charge on any atom is 0.137 e. The first kappa shape index (κ1) is 11.7. The molecule has 1 aliphatic heterocycles. The van der Waals surface area contributed by atoms with Crippen LogP contribution in [0.1, 0.15) is 18.4 Å². The number of piperidine rings is 1. The number of hydrogen-bond donors (Lipinski definition) is 2. The minimum absolute atomic E-state index is 0.247. The Labute approximate surface area is 101 Å². The van der Waals surface area contributed by atoms with Crippen LogP contribution in [0.25, 0.3) is 0 Å². The van der Waals surface area contributed by atoms with Crippen LogP contribution in [0.4, 0.5) is 0 Å². The van der Waals surface area contributed by atoms with Crippen molar-refractivity contribution >= 4 is 11.6 Å². The van der Waals surface area contributed by atoms with Crippen LogP contribution in [-0.4, -0.2) is 20.2 Å². The normalized spacial score (nSPS) is 19.4. The van der Waals surface area contributed by atoms with E-state index in [1.54, 1.807) is 7.11 Å². The number of rotatable bonds is 2. The van der Waals surface area contributed by atoms with E-state index in [4.69, 9.17) is 22.1 Å². The molecule has 1 aromatic rings. The lowest BCUT2D eigenvalue weighted by Gasteiger charge is -2.34. The smallest absolute Gasteiger partial charge is 0.137 e. The summed E-state index contributed by atoms with van der Waals surface area (Å²) in [7, 11) is 1.62. The predicted octanol–water partition coefficient (Wildman–Crippen LogP) is 1.89. The molecule has 88 valence electrons. The Bertz CT molecular complexity index is 375. The van der Waals surface area contributed by atoms with Crippen molar-refractivity contribution in [2.75, 3.05) is 20.2 Å². The maximum atomic E-state index is 6.42. The number of benzene rings is 1. The lowest BCUT2D eigenvalue weighted by Crippen LogP contribution is -2.46. The summed E-state index contributed by atoms with van der Waals surface area (Å²) in [5.41, 5.74) is 7.28. The third-order valence-corrected chi connectivity index (χ3v) is 3.53. The molecule has 1 aliphatic rings. The van der Waals surface area contributed by atoms with Gasteiger partial charge in [-0.3, -0.25) is 0 Å². The van der Waals surface area contributed by atoms with Gasteiger partial charge in [0.05, 0.1) is 12.1 Å².